The van der Waals surface area contributed by atoms with Crippen molar-refractivity contribution >= 4 is 5.97 Å². The van der Waals surface area contributed by atoms with E-state index in [1.54, 1.807) is 6.92 Å². The van der Waals surface area contributed by atoms with Gasteiger partial charge in [0.25, 0.3) is 0 Å². The minimum absolute atomic E-state index is 0.246. The summed E-state index contributed by atoms with van der Waals surface area (Å²) < 4.78 is 5.72. The van der Waals surface area contributed by atoms with E-state index in [2.05, 4.69) is 19.2 Å². The van der Waals surface area contributed by atoms with Crippen LogP contribution in [0.3, 0.4) is 0 Å². The zero-order chi connectivity index (χ0) is 13.8. The highest BCUT2D eigenvalue weighted by atomic mass is 16.5. The van der Waals surface area contributed by atoms with Crippen molar-refractivity contribution in [1.29, 1.82) is 0 Å². The molecule has 0 aromatic carbocycles. The van der Waals surface area contributed by atoms with Crippen LogP contribution in [0.5, 0.6) is 0 Å². The highest BCUT2D eigenvalue weighted by molar-refractivity contribution is 5.78. The maximum absolute atomic E-state index is 11.4. The second-order valence-electron chi connectivity index (χ2n) is 5.91. The Kier molecular flexibility index (Phi) is 5.60. The molecule has 0 aromatic heterocycles. The third-order valence-electron chi connectivity index (χ3n) is 3.80. The molecule has 0 amide bonds. The Labute approximate surface area is 110 Å². The van der Waals surface area contributed by atoms with Crippen molar-refractivity contribution in [1.82, 2.24) is 5.32 Å². The normalized spacial score (nSPS) is 28.1. The molecule has 0 bridgehead atoms. The molecular formula is C14H27NO3. The lowest BCUT2D eigenvalue weighted by Crippen LogP contribution is -2.56. The molecule has 1 aliphatic rings. The number of carboxylic acid groups (broad SMARTS) is 1. The van der Waals surface area contributed by atoms with Gasteiger partial charge in [0.1, 0.15) is 5.54 Å². The van der Waals surface area contributed by atoms with Crippen molar-refractivity contribution in [2.75, 3.05) is 6.61 Å². The zero-order valence-corrected chi connectivity index (χ0v) is 12.0. The van der Waals surface area contributed by atoms with Gasteiger partial charge < -0.3 is 9.84 Å². The largest absolute Gasteiger partial charge is 0.480 e. The molecule has 0 aromatic rings. The van der Waals surface area contributed by atoms with Crippen molar-refractivity contribution in [2.45, 2.75) is 71.1 Å². The van der Waals surface area contributed by atoms with Gasteiger partial charge in [-0.15, -0.1) is 0 Å². The van der Waals surface area contributed by atoms with E-state index in [4.69, 9.17) is 4.74 Å². The van der Waals surface area contributed by atoms with Crippen LogP contribution in [0.25, 0.3) is 0 Å². The number of hydrogen-bond acceptors (Lipinski definition) is 3. The van der Waals surface area contributed by atoms with E-state index >= 15 is 0 Å². The molecule has 1 heterocycles. The van der Waals surface area contributed by atoms with E-state index in [1.807, 2.05) is 6.92 Å². The van der Waals surface area contributed by atoms with Gasteiger partial charge in [0.05, 0.1) is 6.10 Å². The van der Waals surface area contributed by atoms with Gasteiger partial charge in [0.15, 0.2) is 0 Å². The Morgan fingerprint density at radius 1 is 1.56 bits per heavy atom. The van der Waals surface area contributed by atoms with Crippen LogP contribution in [0.4, 0.5) is 0 Å². The van der Waals surface area contributed by atoms with Gasteiger partial charge in [0.2, 0.25) is 0 Å². The van der Waals surface area contributed by atoms with Crippen LogP contribution >= 0.6 is 0 Å². The van der Waals surface area contributed by atoms with Gasteiger partial charge in [-0.25, -0.2) is 0 Å². The molecule has 2 N–H and O–H groups in total. The summed E-state index contributed by atoms with van der Waals surface area (Å²) in [4.78, 5) is 11.4. The minimum atomic E-state index is -0.807. The van der Waals surface area contributed by atoms with Gasteiger partial charge in [-0.1, -0.05) is 27.2 Å². The van der Waals surface area contributed by atoms with E-state index < -0.39 is 11.5 Å². The molecule has 0 saturated carbocycles. The van der Waals surface area contributed by atoms with Crippen molar-refractivity contribution in [3.05, 3.63) is 0 Å². The Bertz CT molecular complexity index is 280. The van der Waals surface area contributed by atoms with Crippen molar-refractivity contribution < 1.29 is 14.6 Å². The number of rotatable bonds is 6. The summed E-state index contributed by atoms with van der Waals surface area (Å²) in [5, 5.41) is 12.7. The summed E-state index contributed by atoms with van der Waals surface area (Å²) in [6, 6.07) is 0.249. The maximum atomic E-state index is 11.4. The van der Waals surface area contributed by atoms with Crippen molar-refractivity contribution in [3.63, 3.8) is 0 Å². The number of carboxylic acids is 1. The summed E-state index contributed by atoms with van der Waals surface area (Å²) in [6.07, 6.45) is 3.58. The molecule has 0 aliphatic carbocycles. The predicted octanol–water partition coefficient (Wildman–Crippen LogP) is 2.42. The first kappa shape index (κ1) is 15.4. The summed E-state index contributed by atoms with van der Waals surface area (Å²) in [5.41, 5.74) is -0.807. The molecule has 0 spiro atoms. The molecule has 3 unspecified atom stereocenters. The number of aliphatic carboxylic acids is 1. The van der Waals surface area contributed by atoms with Crippen LogP contribution in [0.2, 0.25) is 0 Å². The van der Waals surface area contributed by atoms with E-state index in [9.17, 15) is 9.90 Å². The molecule has 4 heteroatoms. The minimum Gasteiger partial charge on any atom is -0.480 e. The van der Waals surface area contributed by atoms with Crippen LogP contribution < -0.4 is 5.32 Å². The third kappa shape index (κ3) is 3.95. The summed E-state index contributed by atoms with van der Waals surface area (Å²) in [7, 11) is 0. The Balaban J connectivity index is 2.61. The maximum Gasteiger partial charge on any atom is 0.323 e. The molecular weight excluding hydrogens is 230 g/mol. The fourth-order valence-corrected chi connectivity index (χ4v) is 2.62. The van der Waals surface area contributed by atoms with Gasteiger partial charge in [-0.05, 0) is 32.1 Å². The number of carbonyl (C=O) groups is 1. The molecule has 1 fully saturated rings. The third-order valence-corrected chi connectivity index (χ3v) is 3.80. The lowest BCUT2D eigenvalue weighted by Gasteiger charge is -2.37. The van der Waals surface area contributed by atoms with Crippen LogP contribution in [0, 0.1) is 5.92 Å². The zero-order valence-electron chi connectivity index (χ0n) is 12.0. The molecule has 1 rings (SSSR count). The van der Waals surface area contributed by atoms with E-state index in [0.717, 1.165) is 25.9 Å². The average molecular weight is 257 g/mol. The van der Waals surface area contributed by atoms with Gasteiger partial charge in [-0.3, -0.25) is 10.1 Å². The second-order valence-corrected chi connectivity index (χ2v) is 5.91. The van der Waals surface area contributed by atoms with E-state index in [-0.39, 0.29) is 12.1 Å². The van der Waals surface area contributed by atoms with Gasteiger partial charge >= 0.3 is 5.97 Å². The average Bonchev–Trinajstić information content (AvgIpc) is 2.29. The lowest BCUT2D eigenvalue weighted by atomic mass is 9.90. The summed E-state index contributed by atoms with van der Waals surface area (Å²) in [6.45, 7) is 8.83. The van der Waals surface area contributed by atoms with Gasteiger partial charge in [-0.2, -0.15) is 0 Å². The Hall–Kier alpha value is -0.610. The second kappa shape index (κ2) is 6.53. The predicted molar refractivity (Wildman–Crippen MR) is 71.7 cm³/mol. The monoisotopic (exact) mass is 257 g/mol. The SMILES string of the molecule is CCCC(C)(NC1CCOC(C(C)C)C1)C(=O)O. The first-order valence-electron chi connectivity index (χ1n) is 7.01. The smallest absolute Gasteiger partial charge is 0.323 e. The van der Waals surface area contributed by atoms with E-state index in [0.29, 0.717) is 12.3 Å². The van der Waals surface area contributed by atoms with Crippen molar-refractivity contribution in [2.24, 2.45) is 5.92 Å². The van der Waals surface area contributed by atoms with Crippen LogP contribution in [-0.2, 0) is 9.53 Å². The van der Waals surface area contributed by atoms with E-state index in [1.165, 1.54) is 0 Å². The van der Waals surface area contributed by atoms with Gasteiger partial charge in [0, 0.05) is 12.6 Å². The van der Waals surface area contributed by atoms with Crippen molar-refractivity contribution in [3.8, 4) is 0 Å². The first-order chi connectivity index (χ1) is 8.39. The molecule has 1 aliphatic heterocycles. The molecule has 106 valence electrons. The molecule has 0 radical (unpaired) electrons. The molecule has 18 heavy (non-hydrogen) atoms. The Morgan fingerprint density at radius 3 is 2.72 bits per heavy atom. The quantitative estimate of drug-likeness (QED) is 0.767. The highest BCUT2D eigenvalue weighted by Gasteiger charge is 2.36. The highest BCUT2D eigenvalue weighted by Crippen LogP contribution is 2.23. The molecule has 3 atom stereocenters. The summed E-state index contributed by atoms with van der Waals surface area (Å²) >= 11 is 0. The first-order valence-corrected chi connectivity index (χ1v) is 7.01. The summed E-state index contributed by atoms with van der Waals surface area (Å²) in [5.74, 6) is -0.270. The topological polar surface area (TPSA) is 58.6 Å². The number of nitrogens with one attached hydrogen (secondary N) is 1. The number of hydrogen-bond donors (Lipinski definition) is 2. The molecule has 1 saturated heterocycles. The molecule has 4 nitrogen and oxygen atoms in total. The lowest BCUT2D eigenvalue weighted by molar-refractivity contribution is -0.145. The fourth-order valence-electron chi connectivity index (χ4n) is 2.62. The van der Waals surface area contributed by atoms with Crippen LogP contribution in [-0.4, -0.2) is 35.4 Å². The van der Waals surface area contributed by atoms with Crippen LogP contribution in [0.1, 0.15) is 53.4 Å². The fraction of sp³-hybridized carbons (Fsp3) is 0.929. The van der Waals surface area contributed by atoms with Crippen LogP contribution in [0.15, 0.2) is 0 Å². The standard InChI is InChI=1S/C14H27NO3/c1-5-7-14(4,13(16)17)15-11-6-8-18-12(9-11)10(2)3/h10-12,15H,5-9H2,1-4H3,(H,16,17). The Morgan fingerprint density at radius 2 is 2.22 bits per heavy atom. The number of ether oxygens (including phenoxy) is 1.